The molecule has 1 aliphatic heterocycles. The van der Waals surface area contributed by atoms with Gasteiger partial charge in [0.2, 0.25) is 5.91 Å². The van der Waals surface area contributed by atoms with Gasteiger partial charge in [-0.1, -0.05) is 30.3 Å². The fourth-order valence-electron chi connectivity index (χ4n) is 3.35. The molecule has 1 aromatic carbocycles. The van der Waals surface area contributed by atoms with E-state index in [4.69, 9.17) is 4.42 Å². The SMILES string of the molecule is CC1CCC(C(=O)O)CN1C(=O)CCCc1ncc(-c2ccccc2)o1. The molecule has 0 bridgehead atoms. The standard InChI is InChI=1S/C20H24N2O4/c1-14-10-11-16(20(24)25)13-22(14)19(23)9-5-8-18-21-12-17(26-18)15-6-3-2-4-7-15/h2-4,6-7,12,14,16H,5,8-11,13H2,1H3,(H,24,25). The van der Waals surface area contributed by atoms with Gasteiger partial charge in [0.05, 0.1) is 12.1 Å². The molecule has 2 aromatic rings. The van der Waals surface area contributed by atoms with Crippen LogP contribution in [0.2, 0.25) is 0 Å². The molecule has 2 atom stereocenters. The number of oxazole rings is 1. The van der Waals surface area contributed by atoms with Crippen LogP contribution in [0.1, 0.15) is 38.5 Å². The van der Waals surface area contributed by atoms with Gasteiger partial charge in [0, 0.05) is 31.0 Å². The molecule has 1 amide bonds. The van der Waals surface area contributed by atoms with E-state index in [0.717, 1.165) is 17.7 Å². The Morgan fingerprint density at radius 2 is 2.04 bits per heavy atom. The van der Waals surface area contributed by atoms with Crippen molar-refractivity contribution in [3.8, 4) is 11.3 Å². The molecule has 6 heteroatoms. The average molecular weight is 356 g/mol. The van der Waals surface area contributed by atoms with E-state index < -0.39 is 11.9 Å². The first-order valence-corrected chi connectivity index (χ1v) is 9.07. The lowest BCUT2D eigenvalue weighted by Crippen LogP contribution is -2.47. The lowest BCUT2D eigenvalue weighted by Gasteiger charge is -2.36. The summed E-state index contributed by atoms with van der Waals surface area (Å²) in [7, 11) is 0. The van der Waals surface area contributed by atoms with Crippen molar-refractivity contribution in [3.05, 3.63) is 42.4 Å². The molecule has 1 N–H and O–H groups in total. The van der Waals surface area contributed by atoms with Crippen LogP contribution in [0.3, 0.4) is 0 Å². The van der Waals surface area contributed by atoms with Gasteiger partial charge in [-0.05, 0) is 26.2 Å². The van der Waals surface area contributed by atoms with Crippen molar-refractivity contribution < 1.29 is 19.1 Å². The molecule has 1 saturated heterocycles. The van der Waals surface area contributed by atoms with Crippen molar-refractivity contribution >= 4 is 11.9 Å². The highest BCUT2D eigenvalue weighted by Gasteiger charge is 2.32. The number of likely N-dealkylation sites (tertiary alicyclic amines) is 1. The van der Waals surface area contributed by atoms with Gasteiger partial charge in [-0.3, -0.25) is 9.59 Å². The molecule has 1 aliphatic rings. The lowest BCUT2D eigenvalue weighted by atomic mass is 9.93. The van der Waals surface area contributed by atoms with Crippen LogP contribution in [-0.4, -0.2) is 39.5 Å². The monoisotopic (exact) mass is 356 g/mol. The van der Waals surface area contributed by atoms with Gasteiger partial charge in [0.1, 0.15) is 0 Å². The van der Waals surface area contributed by atoms with Gasteiger partial charge < -0.3 is 14.4 Å². The summed E-state index contributed by atoms with van der Waals surface area (Å²) in [4.78, 5) is 29.7. The summed E-state index contributed by atoms with van der Waals surface area (Å²) in [6.07, 6.45) is 4.68. The van der Waals surface area contributed by atoms with E-state index in [1.54, 1.807) is 11.1 Å². The largest absolute Gasteiger partial charge is 0.481 e. The fraction of sp³-hybridized carbons (Fsp3) is 0.450. The van der Waals surface area contributed by atoms with Crippen molar-refractivity contribution in [2.24, 2.45) is 5.92 Å². The van der Waals surface area contributed by atoms with Crippen molar-refractivity contribution in [2.75, 3.05) is 6.54 Å². The van der Waals surface area contributed by atoms with Crippen molar-refractivity contribution in [3.63, 3.8) is 0 Å². The number of piperidine rings is 1. The summed E-state index contributed by atoms with van der Waals surface area (Å²) in [5, 5.41) is 9.19. The highest BCUT2D eigenvalue weighted by atomic mass is 16.4. The first kappa shape index (κ1) is 18.2. The van der Waals surface area contributed by atoms with Crippen LogP contribution in [0.4, 0.5) is 0 Å². The molecule has 0 saturated carbocycles. The molecule has 0 aliphatic carbocycles. The Labute approximate surface area is 152 Å². The second-order valence-electron chi connectivity index (χ2n) is 6.85. The highest BCUT2D eigenvalue weighted by molar-refractivity contribution is 5.78. The molecule has 0 radical (unpaired) electrons. The maximum Gasteiger partial charge on any atom is 0.308 e. The summed E-state index contributed by atoms with van der Waals surface area (Å²) in [5.74, 6) is 0.0872. The Bertz CT molecular complexity index is 756. The molecule has 1 aromatic heterocycles. The Kier molecular flexibility index (Phi) is 5.71. The second-order valence-corrected chi connectivity index (χ2v) is 6.85. The number of aryl methyl sites for hydroxylation is 1. The maximum absolute atomic E-state index is 12.5. The number of aliphatic carboxylic acids is 1. The summed E-state index contributed by atoms with van der Waals surface area (Å²) >= 11 is 0. The molecule has 138 valence electrons. The first-order valence-electron chi connectivity index (χ1n) is 9.07. The highest BCUT2D eigenvalue weighted by Crippen LogP contribution is 2.24. The predicted octanol–water partition coefficient (Wildman–Crippen LogP) is 3.38. The lowest BCUT2D eigenvalue weighted by molar-refractivity contribution is -0.147. The van der Waals surface area contributed by atoms with Gasteiger partial charge in [-0.2, -0.15) is 0 Å². The smallest absolute Gasteiger partial charge is 0.308 e. The minimum Gasteiger partial charge on any atom is -0.481 e. The third-order valence-corrected chi connectivity index (χ3v) is 4.94. The van der Waals surface area contributed by atoms with Crippen LogP contribution in [0, 0.1) is 5.92 Å². The third kappa shape index (κ3) is 4.31. The molecule has 6 nitrogen and oxygen atoms in total. The fourth-order valence-corrected chi connectivity index (χ4v) is 3.35. The molecular weight excluding hydrogens is 332 g/mol. The van der Waals surface area contributed by atoms with E-state index in [1.807, 2.05) is 37.3 Å². The van der Waals surface area contributed by atoms with Crippen molar-refractivity contribution in [1.82, 2.24) is 9.88 Å². The third-order valence-electron chi connectivity index (χ3n) is 4.94. The number of hydrogen-bond acceptors (Lipinski definition) is 4. The Morgan fingerprint density at radius 3 is 2.77 bits per heavy atom. The van der Waals surface area contributed by atoms with E-state index in [-0.39, 0.29) is 11.9 Å². The molecule has 0 spiro atoms. The van der Waals surface area contributed by atoms with Crippen molar-refractivity contribution in [1.29, 1.82) is 0 Å². The quantitative estimate of drug-likeness (QED) is 0.858. The number of hydrogen-bond donors (Lipinski definition) is 1. The minimum atomic E-state index is -0.817. The number of carbonyl (C=O) groups is 2. The van der Waals surface area contributed by atoms with E-state index in [1.165, 1.54) is 0 Å². The van der Waals surface area contributed by atoms with Crippen LogP contribution < -0.4 is 0 Å². The van der Waals surface area contributed by atoms with E-state index in [0.29, 0.717) is 38.1 Å². The molecular formula is C20H24N2O4. The second kappa shape index (κ2) is 8.17. The Hall–Kier alpha value is -2.63. The summed E-state index contributed by atoms with van der Waals surface area (Å²) in [6, 6.07) is 9.86. The van der Waals surface area contributed by atoms with Gasteiger partial charge in [-0.15, -0.1) is 0 Å². The molecule has 2 unspecified atom stereocenters. The predicted molar refractivity (Wildman–Crippen MR) is 96.4 cm³/mol. The number of amides is 1. The van der Waals surface area contributed by atoms with Gasteiger partial charge in [-0.25, -0.2) is 4.98 Å². The Balaban J connectivity index is 1.51. The average Bonchev–Trinajstić information content (AvgIpc) is 3.11. The number of rotatable bonds is 6. The number of carbonyl (C=O) groups excluding carboxylic acids is 1. The normalized spacial score (nSPS) is 20.1. The van der Waals surface area contributed by atoms with Crippen LogP contribution >= 0.6 is 0 Å². The molecule has 1 fully saturated rings. The number of carboxylic acid groups (broad SMARTS) is 1. The first-order chi connectivity index (χ1) is 12.5. The zero-order chi connectivity index (χ0) is 18.5. The summed E-state index contributed by atoms with van der Waals surface area (Å²) in [5.41, 5.74) is 0.976. The van der Waals surface area contributed by atoms with Crippen LogP contribution in [0.5, 0.6) is 0 Å². The molecule has 3 rings (SSSR count). The molecule has 2 heterocycles. The Morgan fingerprint density at radius 1 is 1.27 bits per heavy atom. The number of benzene rings is 1. The van der Waals surface area contributed by atoms with Crippen LogP contribution in [0.25, 0.3) is 11.3 Å². The number of carboxylic acids is 1. The van der Waals surface area contributed by atoms with Crippen LogP contribution in [-0.2, 0) is 16.0 Å². The summed E-state index contributed by atoms with van der Waals surface area (Å²) in [6.45, 7) is 2.29. The topological polar surface area (TPSA) is 83.6 Å². The van der Waals surface area contributed by atoms with Gasteiger partial charge in [0.25, 0.3) is 0 Å². The van der Waals surface area contributed by atoms with E-state index in [9.17, 15) is 14.7 Å². The zero-order valence-corrected chi connectivity index (χ0v) is 14.9. The zero-order valence-electron chi connectivity index (χ0n) is 14.9. The minimum absolute atomic E-state index is 0.0123. The number of aromatic nitrogens is 1. The maximum atomic E-state index is 12.5. The van der Waals surface area contributed by atoms with Gasteiger partial charge >= 0.3 is 5.97 Å². The molecule has 26 heavy (non-hydrogen) atoms. The van der Waals surface area contributed by atoms with E-state index >= 15 is 0 Å². The van der Waals surface area contributed by atoms with Gasteiger partial charge in [0.15, 0.2) is 11.7 Å². The number of nitrogens with zero attached hydrogens (tertiary/aromatic N) is 2. The van der Waals surface area contributed by atoms with Crippen LogP contribution in [0.15, 0.2) is 40.9 Å². The summed E-state index contributed by atoms with van der Waals surface area (Å²) < 4.78 is 5.75. The van der Waals surface area contributed by atoms with E-state index in [2.05, 4.69) is 4.98 Å². The van der Waals surface area contributed by atoms with Crippen molar-refractivity contribution in [2.45, 2.75) is 45.1 Å².